The fourth-order valence-electron chi connectivity index (χ4n) is 3.22. The zero-order valence-corrected chi connectivity index (χ0v) is 10.2. The second kappa shape index (κ2) is 3.13. The Hall–Kier alpha value is -1.24. The monoisotopic (exact) mass is 208 g/mol. The van der Waals surface area contributed by atoms with Gasteiger partial charge in [0.2, 0.25) is 0 Å². The molecule has 16 heavy (non-hydrogen) atoms. The SMILES string of the molecule is Bc1ccc2c(c1)C(C)(C)C1CC=CC=C21. The molecule has 0 radical (unpaired) electrons. The van der Waals surface area contributed by atoms with E-state index in [1.54, 1.807) is 5.57 Å². The summed E-state index contributed by atoms with van der Waals surface area (Å²) in [7, 11) is 2.19. The minimum atomic E-state index is 0.290. The van der Waals surface area contributed by atoms with E-state index in [0.717, 1.165) is 0 Å². The highest BCUT2D eigenvalue weighted by Crippen LogP contribution is 2.52. The maximum Gasteiger partial charge on any atom is 0.139 e. The molecule has 0 fully saturated rings. The standard InChI is InChI=1S/C15H17B/c1-15(2)13-6-4-3-5-11(13)12-8-7-10(16)9-14(12)15/h3-5,7-9,13H,6,16H2,1-2H3. The van der Waals surface area contributed by atoms with Crippen molar-refractivity contribution in [2.24, 2.45) is 5.92 Å². The molecule has 1 aromatic carbocycles. The van der Waals surface area contributed by atoms with E-state index < -0.39 is 0 Å². The normalized spacial score (nSPS) is 24.9. The Morgan fingerprint density at radius 2 is 2.12 bits per heavy atom. The lowest BCUT2D eigenvalue weighted by atomic mass is 9.74. The number of allylic oxidation sites excluding steroid dienone is 4. The average Bonchev–Trinajstić information content (AvgIpc) is 2.49. The summed E-state index contributed by atoms with van der Waals surface area (Å²) in [5.41, 5.74) is 6.22. The van der Waals surface area contributed by atoms with Crippen molar-refractivity contribution in [2.75, 3.05) is 0 Å². The Balaban J connectivity index is 2.27. The molecule has 1 atom stereocenters. The topological polar surface area (TPSA) is 0 Å². The van der Waals surface area contributed by atoms with Gasteiger partial charge in [0, 0.05) is 0 Å². The van der Waals surface area contributed by atoms with Gasteiger partial charge in [-0.2, -0.15) is 0 Å². The number of fused-ring (bicyclic) bond motifs is 3. The van der Waals surface area contributed by atoms with Crippen LogP contribution in [0.1, 0.15) is 31.4 Å². The molecule has 0 spiro atoms. The molecule has 0 nitrogen and oxygen atoms in total. The molecular weight excluding hydrogens is 191 g/mol. The molecule has 0 N–H and O–H groups in total. The fourth-order valence-corrected chi connectivity index (χ4v) is 3.22. The summed E-state index contributed by atoms with van der Waals surface area (Å²) in [6.45, 7) is 4.77. The molecule has 80 valence electrons. The molecule has 0 bridgehead atoms. The van der Waals surface area contributed by atoms with Crippen molar-refractivity contribution in [1.29, 1.82) is 0 Å². The van der Waals surface area contributed by atoms with Crippen LogP contribution in [0, 0.1) is 5.92 Å². The zero-order chi connectivity index (χ0) is 11.3. The summed E-state index contributed by atoms with van der Waals surface area (Å²) in [6.07, 6.45) is 8.00. The molecule has 2 aliphatic carbocycles. The van der Waals surface area contributed by atoms with Crippen molar-refractivity contribution in [3.63, 3.8) is 0 Å². The summed E-state index contributed by atoms with van der Waals surface area (Å²) in [4.78, 5) is 0. The minimum Gasteiger partial charge on any atom is -0.0886 e. The lowest BCUT2D eigenvalue weighted by Gasteiger charge is -2.29. The van der Waals surface area contributed by atoms with Crippen LogP contribution in [0.15, 0.2) is 36.4 Å². The predicted octanol–water partition coefficient (Wildman–Crippen LogP) is 2.20. The van der Waals surface area contributed by atoms with Gasteiger partial charge < -0.3 is 0 Å². The summed E-state index contributed by atoms with van der Waals surface area (Å²) < 4.78 is 0. The molecule has 1 aromatic rings. The Morgan fingerprint density at radius 3 is 2.94 bits per heavy atom. The first-order valence-electron chi connectivity index (χ1n) is 6.09. The fraction of sp³-hybridized carbons (Fsp3) is 0.333. The Morgan fingerprint density at radius 1 is 1.31 bits per heavy atom. The molecule has 0 amide bonds. The van der Waals surface area contributed by atoms with Crippen LogP contribution in [0.2, 0.25) is 0 Å². The predicted molar refractivity (Wildman–Crippen MR) is 72.9 cm³/mol. The third-order valence-corrected chi connectivity index (χ3v) is 4.21. The van der Waals surface area contributed by atoms with E-state index in [-0.39, 0.29) is 5.41 Å². The van der Waals surface area contributed by atoms with Crippen molar-refractivity contribution >= 4 is 18.9 Å². The largest absolute Gasteiger partial charge is 0.139 e. The smallest absolute Gasteiger partial charge is 0.0886 e. The van der Waals surface area contributed by atoms with E-state index >= 15 is 0 Å². The zero-order valence-electron chi connectivity index (χ0n) is 10.2. The highest BCUT2D eigenvalue weighted by Gasteiger charge is 2.42. The first kappa shape index (κ1) is 9.95. The van der Waals surface area contributed by atoms with Gasteiger partial charge in [-0.05, 0) is 34.5 Å². The van der Waals surface area contributed by atoms with Gasteiger partial charge in [-0.1, -0.05) is 55.7 Å². The van der Waals surface area contributed by atoms with E-state index in [9.17, 15) is 0 Å². The minimum absolute atomic E-state index is 0.290. The van der Waals surface area contributed by atoms with Crippen molar-refractivity contribution in [1.82, 2.24) is 0 Å². The molecule has 0 heterocycles. The van der Waals surface area contributed by atoms with Gasteiger partial charge in [-0.3, -0.25) is 0 Å². The second-order valence-corrected chi connectivity index (χ2v) is 5.61. The van der Waals surface area contributed by atoms with E-state index in [2.05, 4.69) is 58.1 Å². The highest BCUT2D eigenvalue weighted by atomic mass is 14.5. The van der Waals surface area contributed by atoms with Crippen LogP contribution in [0.3, 0.4) is 0 Å². The van der Waals surface area contributed by atoms with Gasteiger partial charge in [0.25, 0.3) is 0 Å². The van der Waals surface area contributed by atoms with Crippen molar-refractivity contribution in [3.05, 3.63) is 47.6 Å². The Bertz CT molecular complexity index is 506. The molecule has 0 aromatic heterocycles. The van der Waals surface area contributed by atoms with Crippen molar-refractivity contribution in [2.45, 2.75) is 25.7 Å². The molecular formula is C15H17B. The number of hydrogen-bond donors (Lipinski definition) is 0. The van der Waals surface area contributed by atoms with Gasteiger partial charge in [0.05, 0.1) is 0 Å². The van der Waals surface area contributed by atoms with E-state index in [4.69, 9.17) is 0 Å². The van der Waals surface area contributed by atoms with Crippen LogP contribution in [-0.4, -0.2) is 7.85 Å². The molecule has 0 saturated carbocycles. The molecule has 3 rings (SSSR count). The van der Waals surface area contributed by atoms with Gasteiger partial charge >= 0.3 is 0 Å². The van der Waals surface area contributed by atoms with E-state index in [1.807, 2.05) is 0 Å². The van der Waals surface area contributed by atoms with Crippen LogP contribution in [0.5, 0.6) is 0 Å². The summed E-state index contributed by atoms with van der Waals surface area (Å²) in [5, 5.41) is 0. The average molecular weight is 208 g/mol. The van der Waals surface area contributed by atoms with Gasteiger partial charge in [0.1, 0.15) is 7.85 Å². The molecule has 0 aliphatic heterocycles. The van der Waals surface area contributed by atoms with Crippen molar-refractivity contribution < 1.29 is 0 Å². The van der Waals surface area contributed by atoms with Gasteiger partial charge in [-0.15, -0.1) is 0 Å². The first-order chi connectivity index (χ1) is 7.60. The van der Waals surface area contributed by atoms with E-state index in [0.29, 0.717) is 5.92 Å². The number of rotatable bonds is 0. The lowest BCUT2D eigenvalue weighted by molar-refractivity contribution is 0.415. The van der Waals surface area contributed by atoms with Crippen LogP contribution in [0.25, 0.3) is 5.57 Å². The number of hydrogen-bond acceptors (Lipinski definition) is 0. The van der Waals surface area contributed by atoms with Gasteiger partial charge in [-0.25, -0.2) is 0 Å². The Kier molecular flexibility index (Phi) is 1.95. The highest BCUT2D eigenvalue weighted by molar-refractivity contribution is 6.32. The lowest BCUT2D eigenvalue weighted by Crippen LogP contribution is -2.24. The number of benzene rings is 1. The van der Waals surface area contributed by atoms with E-state index in [1.165, 1.54) is 23.0 Å². The Labute approximate surface area is 98.5 Å². The molecule has 2 aliphatic rings. The summed E-state index contributed by atoms with van der Waals surface area (Å²) >= 11 is 0. The van der Waals surface area contributed by atoms with Crippen LogP contribution >= 0.6 is 0 Å². The molecule has 1 unspecified atom stereocenters. The maximum atomic E-state index is 2.38. The summed E-state index contributed by atoms with van der Waals surface area (Å²) in [5.74, 6) is 0.675. The van der Waals surface area contributed by atoms with Crippen LogP contribution in [0.4, 0.5) is 0 Å². The summed E-state index contributed by atoms with van der Waals surface area (Å²) in [6, 6.07) is 6.91. The second-order valence-electron chi connectivity index (χ2n) is 5.61. The van der Waals surface area contributed by atoms with Gasteiger partial charge in [0.15, 0.2) is 0 Å². The van der Waals surface area contributed by atoms with Crippen LogP contribution < -0.4 is 5.46 Å². The maximum absolute atomic E-state index is 2.38. The van der Waals surface area contributed by atoms with Crippen LogP contribution in [-0.2, 0) is 5.41 Å². The van der Waals surface area contributed by atoms with Crippen molar-refractivity contribution in [3.8, 4) is 0 Å². The third kappa shape index (κ3) is 1.18. The molecule has 0 saturated heterocycles. The quantitative estimate of drug-likeness (QED) is 0.573. The third-order valence-electron chi connectivity index (χ3n) is 4.21. The first-order valence-corrected chi connectivity index (χ1v) is 6.09. The molecule has 1 heteroatoms.